The van der Waals surface area contributed by atoms with Crippen LogP contribution in [-0.4, -0.2) is 40.1 Å². The standard InChI is InChI=1S/C12H16N6S.ClH/c13-11-16-9(8-10(17-11)19-7-15-8)18-5-4-14-6-12(18)2-1-3-12;/h7,14H,1-6H2,(H2,13,16,17);1H. The number of hydrogen-bond acceptors (Lipinski definition) is 7. The van der Waals surface area contributed by atoms with Crippen LogP contribution < -0.4 is 16.0 Å². The SMILES string of the molecule is Cl.Nc1nc(N2CCNCC23CCC3)c2ncsc2n1. The minimum atomic E-state index is 0. The Kier molecular flexibility index (Phi) is 3.43. The largest absolute Gasteiger partial charge is 0.368 e. The van der Waals surface area contributed by atoms with Gasteiger partial charge in [-0.1, -0.05) is 0 Å². The molecular weight excluding hydrogens is 296 g/mol. The third-order valence-electron chi connectivity index (χ3n) is 4.28. The fourth-order valence-electron chi connectivity index (χ4n) is 3.16. The van der Waals surface area contributed by atoms with Crippen molar-refractivity contribution in [3.63, 3.8) is 0 Å². The summed E-state index contributed by atoms with van der Waals surface area (Å²) < 4.78 is 0. The highest BCUT2D eigenvalue weighted by Gasteiger charge is 2.45. The van der Waals surface area contributed by atoms with Gasteiger partial charge in [0.25, 0.3) is 0 Å². The molecule has 1 saturated carbocycles. The van der Waals surface area contributed by atoms with Crippen molar-refractivity contribution < 1.29 is 0 Å². The van der Waals surface area contributed by atoms with Crippen LogP contribution in [0.1, 0.15) is 19.3 Å². The smallest absolute Gasteiger partial charge is 0.223 e. The summed E-state index contributed by atoms with van der Waals surface area (Å²) in [5, 5.41) is 3.50. The summed E-state index contributed by atoms with van der Waals surface area (Å²) in [6.45, 7) is 2.98. The molecule has 6 nitrogen and oxygen atoms in total. The third-order valence-corrected chi connectivity index (χ3v) is 4.99. The van der Waals surface area contributed by atoms with Crippen LogP contribution in [0.3, 0.4) is 0 Å². The number of piperazine rings is 1. The van der Waals surface area contributed by atoms with Gasteiger partial charge in [0.2, 0.25) is 5.95 Å². The molecular formula is C12H17ClN6S. The zero-order valence-electron chi connectivity index (χ0n) is 11.0. The minimum absolute atomic E-state index is 0. The van der Waals surface area contributed by atoms with Crippen molar-refractivity contribution in [2.75, 3.05) is 30.3 Å². The lowest BCUT2D eigenvalue weighted by molar-refractivity contribution is 0.198. The van der Waals surface area contributed by atoms with Gasteiger partial charge in [-0.2, -0.15) is 4.98 Å². The zero-order valence-corrected chi connectivity index (χ0v) is 12.6. The van der Waals surface area contributed by atoms with Crippen LogP contribution in [0.4, 0.5) is 11.8 Å². The Morgan fingerprint density at radius 2 is 2.20 bits per heavy atom. The fourth-order valence-corrected chi connectivity index (χ4v) is 3.82. The normalized spacial score (nSPS) is 20.7. The van der Waals surface area contributed by atoms with Gasteiger partial charge < -0.3 is 16.0 Å². The lowest BCUT2D eigenvalue weighted by Crippen LogP contribution is -2.65. The number of thiazole rings is 1. The second-order valence-electron chi connectivity index (χ2n) is 5.32. The molecule has 2 aromatic rings. The van der Waals surface area contributed by atoms with E-state index < -0.39 is 0 Å². The lowest BCUT2D eigenvalue weighted by atomic mass is 9.74. The molecule has 0 aromatic carbocycles. The first-order valence-electron chi connectivity index (χ1n) is 6.64. The highest BCUT2D eigenvalue weighted by molar-refractivity contribution is 7.16. The fraction of sp³-hybridized carbons (Fsp3) is 0.583. The number of aromatic nitrogens is 3. The third kappa shape index (κ3) is 1.92. The number of nitrogens with one attached hydrogen (secondary N) is 1. The summed E-state index contributed by atoms with van der Waals surface area (Å²) in [6, 6.07) is 0. The van der Waals surface area contributed by atoms with Crippen molar-refractivity contribution >= 4 is 45.9 Å². The maximum absolute atomic E-state index is 5.85. The zero-order chi connectivity index (χ0) is 12.9. The Balaban J connectivity index is 0.00000121. The van der Waals surface area contributed by atoms with E-state index in [0.717, 1.165) is 35.8 Å². The summed E-state index contributed by atoms with van der Waals surface area (Å²) in [4.78, 5) is 16.5. The molecule has 0 bridgehead atoms. The predicted octanol–water partition coefficient (Wildman–Crippen LogP) is 1.42. The topological polar surface area (TPSA) is 80.0 Å². The van der Waals surface area contributed by atoms with E-state index in [4.69, 9.17) is 5.73 Å². The molecule has 2 fully saturated rings. The van der Waals surface area contributed by atoms with E-state index in [1.807, 2.05) is 5.51 Å². The van der Waals surface area contributed by atoms with Crippen LogP contribution in [0.25, 0.3) is 10.3 Å². The Labute approximate surface area is 127 Å². The second-order valence-corrected chi connectivity index (χ2v) is 6.15. The maximum atomic E-state index is 5.85. The average molecular weight is 313 g/mol. The van der Waals surface area contributed by atoms with Gasteiger partial charge in [-0.05, 0) is 19.3 Å². The molecule has 0 unspecified atom stereocenters. The van der Waals surface area contributed by atoms with E-state index in [0.29, 0.717) is 5.95 Å². The molecule has 1 spiro atoms. The first kappa shape index (κ1) is 13.8. The first-order chi connectivity index (χ1) is 9.28. The van der Waals surface area contributed by atoms with Crippen molar-refractivity contribution in [1.82, 2.24) is 20.3 Å². The predicted molar refractivity (Wildman–Crippen MR) is 83.7 cm³/mol. The molecule has 4 rings (SSSR count). The number of nitrogens with two attached hydrogens (primary N) is 1. The molecule has 20 heavy (non-hydrogen) atoms. The summed E-state index contributed by atoms with van der Waals surface area (Å²) in [5.74, 6) is 1.27. The second kappa shape index (κ2) is 4.98. The van der Waals surface area contributed by atoms with E-state index in [2.05, 4.69) is 25.2 Å². The average Bonchev–Trinajstić information content (AvgIpc) is 2.83. The Morgan fingerprint density at radius 1 is 1.35 bits per heavy atom. The Hall–Kier alpha value is -1.18. The van der Waals surface area contributed by atoms with Crippen LogP contribution in [0.15, 0.2) is 5.51 Å². The summed E-state index contributed by atoms with van der Waals surface area (Å²) in [7, 11) is 0. The Bertz CT molecular complexity index is 625. The lowest BCUT2D eigenvalue weighted by Gasteiger charge is -2.53. The molecule has 3 heterocycles. The molecule has 0 atom stereocenters. The Morgan fingerprint density at radius 3 is 2.95 bits per heavy atom. The monoisotopic (exact) mass is 312 g/mol. The van der Waals surface area contributed by atoms with E-state index in [1.54, 1.807) is 0 Å². The van der Waals surface area contributed by atoms with Crippen LogP contribution in [0.5, 0.6) is 0 Å². The van der Waals surface area contributed by atoms with E-state index in [1.165, 1.54) is 30.6 Å². The maximum Gasteiger partial charge on any atom is 0.223 e. The van der Waals surface area contributed by atoms with Crippen molar-refractivity contribution in [3.05, 3.63) is 5.51 Å². The molecule has 3 N–H and O–H groups in total. The van der Waals surface area contributed by atoms with Gasteiger partial charge in [-0.25, -0.2) is 9.97 Å². The molecule has 8 heteroatoms. The number of anilines is 2. The van der Waals surface area contributed by atoms with Crippen LogP contribution >= 0.6 is 23.7 Å². The molecule has 0 radical (unpaired) electrons. The molecule has 1 saturated heterocycles. The van der Waals surface area contributed by atoms with Gasteiger partial charge in [0.1, 0.15) is 5.52 Å². The van der Waals surface area contributed by atoms with Crippen molar-refractivity contribution in [2.24, 2.45) is 0 Å². The molecule has 2 aliphatic rings. The first-order valence-corrected chi connectivity index (χ1v) is 7.52. The van der Waals surface area contributed by atoms with Gasteiger partial charge in [0.15, 0.2) is 10.6 Å². The molecule has 1 aliphatic carbocycles. The highest BCUT2D eigenvalue weighted by Crippen LogP contribution is 2.42. The molecule has 1 aliphatic heterocycles. The van der Waals surface area contributed by atoms with Crippen molar-refractivity contribution in [3.8, 4) is 0 Å². The summed E-state index contributed by atoms with van der Waals surface area (Å²) in [6.07, 6.45) is 3.73. The van der Waals surface area contributed by atoms with Gasteiger partial charge in [-0.15, -0.1) is 23.7 Å². The summed E-state index contributed by atoms with van der Waals surface area (Å²) >= 11 is 1.52. The minimum Gasteiger partial charge on any atom is -0.368 e. The number of halogens is 1. The van der Waals surface area contributed by atoms with Crippen LogP contribution in [0, 0.1) is 0 Å². The molecule has 108 valence electrons. The quantitative estimate of drug-likeness (QED) is 0.829. The van der Waals surface area contributed by atoms with Crippen molar-refractivity contribution in [1.29, 1.82) is 0 Å². The van der Waals surface area contributed by atoms with Gasteiger partial charge >= 0.3 is 0 Å². The number of fused-ring (bicyclic) bond motifs is 1. The molecule has 2 aromatic heterocycles. The van der Waals surface area contributed by atoms with E-state index in [9.17, 15) is 0 Å². The summed E-state index contributed by atoms with van der Waals surface area (Å²) in [5.41, 5.74) is 8.78. The van der Waals surface area contributed by atoms with Crippen molar-refractivity contribution in [2.45, 2.75) is 24.8 Å². The number of hydrogen-bond donors (Lipinski definition) is 2. The highest BCUT2D eigenvalue weighted by atomic mass is 35.5. The van der Waals surface area contributed by atoms with Crippen LogP contribution in [-0.2, 0) is 0 Å². The molecule has 0 amide bonds. The van der Waals surface area contributed by atoms with E-state index in [-0.39, 0.29) is 17.9 Å². The van der Waals surface area contributed by atoms with Crippen LogP contribution in [0.2, 0.25) is 0 Å². The number of nitrogen functional groups attached to an aromatic ring is 1. The number of rotatable bonds is 1. The van der Waals surface area contributed by atoms with E-state index >= 15 is 0 Å². The van der Waals surface area contributed by atoms with Gasteiger partial charge in [0, 0.05) is 19.6 Å². The number of nitrogens with zero attached hydrogens (tertiary/aromatic N) is 4. The van der Waals surface area contributed by atoms with Gasteiger partial charge in [0.05, 0.1) is 11.0 Å². The van der Waals surface area contributed by atoms with Gasteiger partial charge in [-0.3, -0.25) is 0 Å².